The van der Waals surface area contributed by atoms with Gasteiger partial charge in [-0.3, -0.25) is 14.6 Å². The number of ketones is 1. The first kappa shape index (κ1) is 17.1. The Morgan fingerprint density at radius 1 is 1.20 bits per heavy atom. The van der Waals surface area contributed by atoms with Gasteiger partial charge in [0, 0.05) is 11.1 Å². The molecule has 0 spiro atoms. The van der Waals surface area contributed by atoms with E-state index in [0.29, 0.717) is 16.9 Å². The number of carbonyl (C=O) groups excluding carboxylic acids is 2. The predicted molar refractivity (Wildman–Crippen MR) is 89.6 cm³/mol. The average molecular weight is 360 g/mol. The van der Waals surface area contributed by atoms with Crippen LogP contribution in [0.5, 0.6) is 5.75 Å². The summed E-state index contributed by atoms with van der Waals surface area (Å²) in [5.41, 5.74) is 1.07. The van der Waals surface area contributed by atoms with Gasteiger partial charge in [0.15, 0.2) is 5.78 Å². The molecule has 25 heavy (non-hydrogen) atoms. The summed E-state index contributed by atoms with van der Waals surface area (Å²) in [5, 5.41) is 0.999. The molecule has 1 heterocycles. The van der Waals surface area contributed by atoms with Crippen molar-refractivity contribution in [2.75, 3.05) is 7.11 Å². The van der Waals surface area contributed by atoms with Gasteiger partial charge in [-0.1, -0.05) is 12.1 Å². The minimum atomic E-state index is -3.84. The van der Waals surface area contributed by atoms with Crippen LogP contribution < -0.4 is 9.57 Å². The topological polar surface area (TPSA) is 92.8 Å². The molecule has 1 amide bonds. The number of nitrogens with zero attached hydrogens (tertiary/aromatic N) is 1. The lowest BCUT2D eigenvalue weighted by Gasteiger charge is -2.29. The Morgan fingerprint density at radius 3 is 2.60 bits per heavy atom. The lowest BCUT2D eigenvalue weighted by atomic mass is 10.1. The van der Waals surface area contributed by atoms with Gasteiger partial charge in [0.05, 0.1) is 24.1 Å². The zero-order chi connectivity index (χ0) is 18.2. The molecule has 0 fully saturated rings. The SMILES string of the molecule is COc1ccc(C(C)=O)cc1CN1NS(=O)(=O)c2ccccc2C1=O. The second-order valence-corrected chi connectivity index (χ2v) is 7.19. The minimum absolute atomic E-state index is 0.0549. The molecular weight excluding hydrogens is 344 g/mol. The summed E-state index contributed by atoms with van der Waals surface area (Å²) in [7, 11) is -2.38. The molecule has 2 aromatic rings. The molecule has 0 unspecified atom stereocenters. The van der Waals surface area contributed by atoms with E-state index in [1.165, 1.54) is 26.2 Å². The van der Waals surface area contributed by atoms with Crippen LogP contribution in [0.25, 0.3) is 0 Å². The van der Waals surface area contributed by atoms with Crippen molar-refractivity contribution in [2.24, 2.45) is 0 Å². The highest BCUT2D eigenvalue weighted by Gasteiger charge is 2.34. The number of benzene rings is 2. The summed E-state index contributed by atoms with van der Waals surface area (Å²) in [6.07, 6.45) is 0. The van der Waals surface area contributed by atoms with Crippen molar-refractivity contribution < 1.29 is 22.7 Å². The number of hydrazine groups is 1. The van der Waals surface area contributed by atoms with Gasteiger partial charge in [0.2, 0.25) is 0 Å². The quantitative estimate of drug-likeness (QED) is 0.839. The Morgan fingerprint density at radius 2 is 1.92 bits per heavy atom. The molecule has 3 rings (SSSR count). The summed E-state index contributed by atoms with van der Waals surface area (Å²) in [4.78, 5) is 26.4. The van der Waals surface area contributed by atoms with Gasteiger partial charge in [-0.25, -0.2) is 8.42 Å². The van der Waals surface area contributed by atoms with Gasteiger partial charge in [0.1, 0.15) is 5.75 Å². The molecule has 1 N–H and O–H groups in total. The third-order valence-corrected chi connectivity index (χ3v) is 5.29. The van der Waals surface area contributed by atoms with Crippen molar-refractivity contribution >= 4 is 21.7 Å². The summed E-state index contributed by atoms with van der Waals surface area (Å²) in [6.45, 7) is 1.35. The van der Waals surface area contributed by atoms with Crippen LogP contribution in [0.1, 0.15) is 33.2 Å². The van der Waals surface area contributed by atoms with Crippen molar-refractivity contribution in [3.63, 3.8) is 0 Å². The summed E-state index contributed by atoms with van der Waals surface area (Å²) in [5.74, 6) is -0.156. The van der Waals surface area contributed by atoms with Gasteiger partial charge in [-0.15, -0.1) is 4.83 Å². The molecule has 0 atom stereocenters. The standard InChI is InChI=1S/C17H16N2O5S/c1-11(20)12-7-8-15(24-2)13(9-12)10-19-17(21)14-5-3-4-6-16(14)25(22,23)18-19/h3-9,18H,10H2,1-2H3. The van der Waals surface area contributed by atoms with Crippen molar-refractivity contribution in [1.82, 2.24) is 9.84 Å². The third-order valence-electron chi connectivity index (χ3n) is 3.90. The highest BCUT2D eigenvalue weighted by atomic mass is 32.2. The molecule has 1 aliphatic rings. The Labute approximate surface area is 145 Å². The first-order chi connectivity index (χ1) is 11.8. The van der Waals surface area contributed by atoms with E-state index in [-0.39, 0.29) is 22.8 Å². The van der Waals surface area contributed by atoms with Gasteiger partial charge in [-0.05, 0) is 37.3 Å². The zero-order valence-electron chi connectivity index (χ0n) is 13.6. The van der Waals surface area contributed by atoms with Crippen LogP contribution in [0.4, 0.5) is 0 Å². The highest BCUT2D eigenvalue weighted by molar-refractivity contribution is 7.89. The fourth-order valence-electron chi connectivity index (χ4n) is 2.65. The van der Waals surface area contributed by atoms with E-state index < -0.39 is 15.9 Å². The normalized spacial score (nSPS) is 15.6. The smallest absolute Gasteiger partial charge is 0.270 e. The van der Waals surface area contributed by atoms with Crippen molar-refractivity contribution in [2.45, 2.75) is 18.4 Å². The monoisotopic (exact) mass is 360 g/mol. The number of fused-ring (bicyclic) bond motifs is 1. The molecule has 2 aromatic carbocycles. The largest absolute Gasteiger partial charge is 0.496 e. The maximum atomic E-state index is 12.6. The Bertz CT molecular complexity index is 969. The fourth-order valence-corrected chi connectivity index (χ4v) is 3.89. The number of carbonyl (C=O) groups is 2. The lowest BCUT2D eigenvalue weighted by Crippen LogP contribution is -2.49. The van der Waals surface area contributed by atoms with Gasteiger partial charge in [-0.2, -0.15) is 0 Å². The van der Waals surface area contributed by atoms with E-state index in [4.69, 9.17) is 4.74 Å². The van der Waals surface area contributed by atoms with E-state index in [1.54, 1.807) is 30.3 Å². The molecule has 0 bridgehead atoms. The summed E-state index contributed by atoms with van der Waals surface area (Å²) in [6, 6.07) is 10.8. The number of rotatable bonds is 4. The molecule has 0 aromatic heterocycles. The maximum absolute atomic E-state index is 12.6. The molecule has 0 aliphatic carbocycles. The number of ether oxygens (including phenoxy) is 1. The van der Waals surface area contributed by atoms with Gasteiger partial charge < -0.3 is 4.74 Å². The van der Waals surface area contributed by atoms with Crippen LogP contribution in [0, 0.1) is 0 Å². The van der Waals surface area contributed by atoms with Gasteiger partial charge >= 0.3 is 0 Å². The van der Waals surface area contributed by atoms with Crippen LogP contribution in [0.3, 0.4) is 0 Å². The van der Waals surface area contributed by atoms with Crippen LogP contribution in [0.2, 0.25) is 0 Å². The van der Waals surface area contributed by atoms with Crippen LogP contribution in [0.15, 0.2) is 47.4 Å². The number of nitrogens with one attached hydrogen (secondary N) is 1. The predicted octanol–water partition coefficient (Wildman–Crippen LogP) is 1.75. The number of hydrogen-bond acceptors (Lipinski definition) is 5. The van der Waals surface area contributed by atoms with Crippen LogP contribution in [-0.4, -0.2) is 32.2 Å². The number of hydrogen-bond donors (Lipinski definition) is 1. The Kier molecular flexibility index (Phi) is 4.32. The third kappa shape index (κ3) is 3.13. The lowest BCUT2D eigenvalue weighted by molar-refractivity contribution is 0.0686. The molecule has 130 valence electrons. The molecule has 0 saturated carbocycles. The molecule has 8 heteroatoms. The first-order valence-electron chi connectivity index (χ1n) is 7.44. The van der Waals surface area contributed by atoms with E-state index in [2.05, 4.69) is 4.83 Å². The van der Waals surface area contributed by atoms with Crippen LogP contribution >= 0.6 is 0 Å². The molecule has 1 aliphatic heterocycles. The van der Waals surface area contributed by atoms with E-state index in [0.717, 1.165) is 5.01 Å². The van der Waals surface area contributed by atoms with Crippen molar-refractivity contribution in [1.29, 1.82) is 0 Å². The zero-order valence-corrected chi connectivity index (χ0v) is 14.5. The molecule has 7 nitrogen and oxygen atoms in total. The fraction of sp³-hybridized carbons (Fsp3) is 0.176. The van der Waals surface area contributed by atoms with E-state index in [9.17, 15) is 18.0 Å². The number of amides is 1. The summed E-state index contributed by atoms with van der Waals surface area (Å²) >= 11 is 0. The van der Waals surface area contributed by atoms with Crippen LogP contribution in [-0.2, 0) is 16.6 Å². The highest BCUT2D eigenvalue weighted by Crippen LogP contribution is 2.26. The number of methoxy groups -OCH3 is 1. The maximum Gasteiger partial charge on any atom is 0.270 e. The first-order valence-corrected chi connectivity index (χ1v) is 8.93. The minimum Gasteiger partial charge on any atom is -0.496 e. The number of Topliss-reactive ketones (excluding diaryl/α,β-unsaturated/α-hetero) is 1. The Balaban J connectivity index is 2.01. The Hall–Kier alpha value is -2.71. The molecule has 0 saturated heterocycles. The summed E-state index contributed by atoms with van der Waals surface area (Å²) < 4.78 is 30.0. The molecule has 0 radical (unpaired) electrons. The van der Waals surface area contributed by atoms with Crippen molar-refractivity contribution in [3.05, 3.63) is 59.2 Å². The van der Waals surface area contributed by atoms with E-state index in [1.807, 2.05) is 0 Å². The second kappa shape index (κ2) is 6.30. The number of sulfonamides is 1. The second-order valence-electron chi connectivity index (χ2n) is 5.56. The van der Waals surface area contributed by atoms with E-state index >= 15 is 0 Å². The van der Waals surface area contributed by atoms with Crippen molar-refractivity contribution in [3.8, 4) is 5.75 Å². The average Bonchev–Trinajstić information content (AvgIpc) is 2.59. The molecular formula is C17H16N2O5S. The van der Waals surface area contributed by atoms with Gasteiger partial charge in [0.25, 0.3) is 15.9 Å².